The molecule has 0 saturated carbocycles. The Balaban J connectivity index is 2.36. The van der Waals surface area contributed by atoms with Gasteiger partial charge in [-0.15, -0.1) is 11.3 Å². The van der Waals surface area contributed by atoms with Gasteiger partial charge in [-0.05, 0) is 45.2 Å². The average molecular weight is 331 g/mol. The van der Waals surface area contributed by atoms with E-state index in [4.69, 9.17) is 0 Å². The largest absolute Gasteiger partial charge is 0.315 e. The number of sulfonamides is 1. The minimum atomic E-state index is -3.39. The molecule has 0 amide bonds. The second kappa shape index (κ2) is 6.36. The summed E-state index contributed by atoms with van der Waals surface area (Å²) in [5, 5.41) is 3.08. The van der Waals surface area contributed by atoms with Gasteiger partial charge in [-0.25, -0.2) is 8.42 Å². The molecular formula is C15H26N2O2S2. The van der Waals surface area contributed by atoms with Crippen LogP contribution in [0.1, 0.15) is 36.9 Å². The van der Waals surface area contributed by atoms with Crippen molar-refractivity contribution in [2.75, 3.05) is 13.6 Å². The minimum Gasteiger partial charge on any atom is -0.315 e. The molecule has 2 rings (SSSR count). The molecule has 1 aromatic heterocycles. The topological polar surface area (TPSA) is 49.4 Å². The smallest absolute Gasteiger partial charge is 0.244 e. The fraction of sp³-hybridized carbons (Fsp3) is 0.733. The van der Waals surface area contributed by atoms with Crippen molar-refractivity contribution in [2.24, 2.45) is 11.8 Å². The molecule has 0 spiro atoms. The summed E-state index contributed by atoms with van der Waals surface area (Å²) >= 11 is 1.56. The molecular weight excluding hydrogens is 304 g/mol. The first-order chi connectivity index (χ1) is 9.77. The molecule has 1 saturated heterocycles. The molecule has 1 fully saturated rings. The van der Waals surface area contributed by atoms with Crippen LogP contribution >= 0.6 is 11.3 Å². The third-order valence-electron chi connectivity index (χ3n) is 4.40. The monoisotopic (exact) mass is 330 g/mol. The molecule has 1 aliphatic rings. The van der Waals surface area contributed by atoms with Crippen molar-refractivity contribution >= 4 is 21.4 Å². The molecule has 2 heterocycles. The quantitative estimate of drug-likeness (QED) is 0.923. The SMILES string of the molecule is CNCc1cc(S(=O)(=O)N2CC(C)CC(C)C2C)c(C)s1. The summed E-state index contributed by atoms with van der Waals surface area (Å²) in [6, 6.07) is 1.90. The van der Waals surface area contributed by atoms with Crippen LogP contribution in [-0.2, 0) is 16.6 Å². The highest BCUT2D eigenvalue weighted by atomic mass is 32.2. The van der Waals surface area contributed by atoms with Gasteiger partial charge in [-0.3, -0.25) is 0 Å². The van der Waals surface area contributed by atoms with Crippen molar-refractivity contribution in [1.29, 1.82) is 0 Å². The van der Waals surface area contributed by atoms with Crippen molar-refractivity contribution < 1.29 is 8.42 Å². The molecule has 3 atom stereocenters. The van der Waals surface area contributed by atoms with E-state index in [0.29, 0.717) is 29.8 Å². The number of aryl methyl sites for hydroxylation is 1. The molecule has 1 aromatic rings. The first kappa shape index (κ1) is 16.9. The van der Waals surface area contributed by atoms with Crippen LogP contribution in [0.2, 0.25) is 0 Å². The minimum absolute atomic E-state index is 0.0678. The summed E-state index contributed by atoms with van der Waals surface area (Å²) in [7, 11) is -1.51. The van der Waals surface area contributed by atoms with Crippen LogP contribution in [0.5, 0.6) is 0 Å². The molecule has 0 aromatic carbocycles. The third-order valence-corrected chi connectivity index (χ3v) is 7.66. The highest BCUT2D eigenvalue weighted by molar-refractivity contribution is 7.89. The Labute approximate surface area is 132 Å². The summed E-state index contributed by atoms with van der Waals surface area (Å²) in [5.41, 5.74) is 0. The number of hydrogen-bond acceptors (Lipinski definition) is 4. The van der Waals surface area contributed by atoms with Gasteiger partial charge in [0.2, 0.25) is 10.0 Å². The van der Waals surface area contributed by atoms with Gasteiger partial charge in [0.25, 0.3) is 0 Å². The van der Waals surface area contributed by atoms with Crippen molar-refractivity contribution in [2.45, 2.75) is 51.6 Å². The van der Waals surface area contributed by atoms with Crippen LogP contribution in [0.15, 0.2) is 11.0 Å². The lowest BCUT2D eigenvalue weighted by atomic mass is 9.88. The number of nitrogens with zero attached hydrogens (tertiary/aromatic N) is 1. The van der Waals surface area contributed by atoms with Gasteiger partial charge in [-0.1, -0.05) is 13.8 Å². The maximum atomic E-state index is 13.0. The highest BCUT2D eigenvalue weighted by Crippen LogP contribution is 2.34. The molecule has 0 aliphatic carbocycles. The Hall–Kier alpha value is -0.430. The summed E-state index contributed by atoms with van der Waals surface area (Å²) in [6.45, 7) is 9.56. The van der Waals surface area contributed by atoms with E-state index in [1.165, 1.54) is 0 Å². The van der Waals surface area contributed by atoms with Gasteiger partial charge in [0.05, 0.1) is 4.90 Å². The lowest BCUT2D eigenvalue weighted by Crippen LogP contribution is -2.48. The van der Waals surface area contributed by atoms with E-state index in [1.54, 1.807) is 15.6 Å². The number of piperidine rings is 1. The Bertz CT molecular complexity index is 595. The molecule has 0 radical (unpaired) electrons. The summed E-state index contributed by atoms with van der Waals surface area (Å²) in [4.78, 5) is 2.45. The number of thiophene rings is 1. The fourth-order valence-corrected chi connectivity index (χ4v) is 6.61. The fourth-order valence-electron chi connectivity index (χ4n) is 3.15. The lowest BCUT2D eigenvalue weighted by molar-refractivity contribution is 0.157. The molecule has 1 N–H and O–H groups in total. The Morgan fingerprint density at radius 1 is 1.38 bits per heavy atom. The van der Waals surface area contributed by atoms with E-state index in [0.717, 1.165) is 16.2 Å². The standard InChI is InChI=1S/C15H26N2O2S2/c1-10-6-11(2)12(3)17(9-10)21(18,19)15-7-14(8-16-5)20-13(15)4/h7,10-12,16H,6,8-9H2,1-5H3. The van der Waals surface area contributed by atoms with E-state index >= 15 is 0 Å². The van der Waals surface area contributed by atoms with Gasteiger partial charge in [-0.2, -0.15) is 4.31 Å². The maximum Gasteiger partial charge on any atom is 0.244 e. The summed E-state index contributed by atoms with van der Waals surface area (Å²) in [6.07, 6.45) is 1.10. The van der Waals surface area contributed by atoms with Gasteiger partial charge in [0.15, 0.2) is 0 Å². The van der Waals surface area contributed by atoms with Crippen LogP contribution in [0.25, 0.3) is 0 Å². The van der Waals surface area contributed by atoms with Crippen molar-refractivity contribution in [3.63, 3.8) is 0 Å². The van der Waals surface area contributed by atoms with E-state index in [9.17, 15) is 8.42 Å². The average Bonchev–Trinajstić information content (AvgIpc) is 2.76. The van der Waals surface area contributed by atoms with Crippen molar-refractivity contribution in [3.8, 4) is 0 Å². The zero-order valence-electron chi connectivity index (χ0n) is 13.5. The number of nitrogens with one attached hydrogen (secondary N) is 1. The van der Waals surface area contributed by atoms with E-state index in [1.807, 2.05) is 27.0 Å². The predicted molar refractivity (Wildman–Crippen MR) is 88.1 cm³/mol. The van der Waals surface area contributed by atoms with Gasteiger partial charge < -0.3 is 5.32 Å². The normalized spacial score (nSPS) is 28.0. The van der Waals surface area contributed by atoms with E-state index in [-0.39, 0.29) is 6.04 Å². The Morgan fingerprint density at radius 3 is 2.67 bits per heavy atom. The van der Waals surface area contributed by atoms with E-state index < -0.39 is 10.0 Å². The van der Waals surface area contributed by atoms with Crippen LogP contribution in [0.4, 0.5) is 0 Å². The van der Waals surface area contributed by atoms with Gasteiger partial charge in [0, 0.05) is 28.9 Å². The van der Waals surface area contributed by atoms with Crippen LogP contribution in [-0.4, -0.2) is 32.4 Å². The maximum absolute atomic E-state index is 13.0. The molecule has 4 nitrogen and oxygen atoms in total. The molecule has 3 unspecified atom stereocenters. The third kappa shape index (κ3) is 3.33. The van der Waals surface area contributed by atoms with Gasteiger partial charge in [0.1, 0.15) is 0 Å². The highest BCUT2D eigenvalue weighted by Gasteiger charge is 2.38. The van der Waals surface area contributed by atoms with E-state index in [2.05, 4.69) is 19.2 Å². The van der Waals surface area contributed by atoms with Crippen LogP contribution < -0.4 is 5.32 Å². The first-order valence-corrected chi connectivity index (χ1v) is 9.78. The zero-order chi connectivity index (χ0) is 15.8. The number of hydrogen-bond donors (Lipinski definition) is 1. The van der Waals surface area contributed by atoms with Gasteiger partial charge >= 0.3 is 0 Å². The predicted octanol–water partition coefficient (Wildman–Crippen LogP) is 2.83. The molecule has 120 valence electrons. The Kier molecular flexibility index (Phi) is 5.13. The molecule has 21 heavy (non-hydrogen) atoms. The second-order valence-corrected chi connectivity index (χ2v) is 9.50. The first-order valence-electron chi connectivity index (χ1n) is 7.53. The van der Waals surface area contributed by atoms with Crippen LogP contribution in [0, 0.1) is 18.8 Å². The number of rotatable bonds is 4. The Morgan fingerprint density at radius 2 is 2.05 bits per heavy atom. The van der Waals surface area contributed by atoms with Crippen molar-refractivity contribution in [1.82, 2.24) is 9.62 Å². The molecule has 1 aliphatic heterocycles. The molecule has 6 heteroatoms. The van der Waals surface area contributed by atoms with Crippen LogP contribution in [0.3, 0.4) is 0 Å². The summed E-state index contributed by atoms with van der Waals surface area (Å²) < 4.78 is 27.8. The zero-order valence-corrected chi connectivity index (χ0v) is 15.1. The molecule has 0 bridgehead atoms. The van der Waals surface area contributed by atoms with Crippen molar-refractivity contribution in [3.05, 3.63) is 15.8 Å². The summed E-state index contributed by atoms with van der Waals surface area (Å²) in [5.74, 6) is 0.820. The lowest BCUT2D eigenvalue weighted by Gasteiger charge is -2.39. The second-order valence-electron chi connectivity index (χ2n) is 6.30.